The van der Waals surface area contributed by atoms with Crippen molar-refractivity contribution in [2.75, 3.05) is 25.0 Å². The van der Waals surface area contributed by atoms with Gasteiger partial charge < -0.3 is 15.7 Å². The second-order valence-corrected chi connectivity index (χ2v) is 12.9. The van der Waals surface area contributed by atoms with Crippen molar-refractivity contribution < 1.29 is 5.11 Å². The average Bonchev–Trinajstić information content (AvgIpc) is 3.00. The molecule has 5 heteroatoms. The first kappa shape index (κ1) is 37.5. The van der Waals surface area contributed by atoms with E-state index in [1.807, 2.05) is 24.9 Å². The van der Waals surface area contributed by atoms with Gasteiger partial charge in [0.25, 0.3) is 0 Å². The van der Waals surface area contributed by atoms with Crippen molar-refractivity contribution in [1.82, 2.24) is 4.90 Å². The lowest BCUT2D eigenvalue weighted by molar-refractivity contribution is 0.00623. The van der Waals surface area contributed by atoms with Gasteiger partial charge in [-0.25, -0.2) is 0 Å². The third-order valence-corrected chi connectivity index (χ3v) is 8.81. The fourth-order valence-corrected chi connectivity index (χ4v) is 5.71. The van der Waals surface area contributed by atoms with Gasteiger partial charge in [0, 0.05) is 36.0 Å². The van der Waals surface area contributed by atoms with Gasteiger partial charge in [-0.3, -0.25) is 9.89 Å². The van der Waals surface area contributed by atoms with E-state index in [-0.39, 0.29) is 6.04 Å². The van der Waals surface area contributed by atoms with E-state index in [1.54, 1.807) is 0 Å². The van der Waals surface area contributed by atoms with Gasteiger partial charge in [0.1, 0.15) is 0 Å². The number of aliphatic hydroxyl groups excluding tert-OH is 1. The molecule has 1 saturated carbocycles. The number of benzene rings is 1. The SMILES string of the molecule is C=C(C)CCc1cc(C(=C)C2CCCCC2)c(N(C(/C=C\C)=C/C=C/CC(C)=NCCCCN)C(O)N(C)C(C)C)cc1C. The van der Waals surface area contributed by atoms with E-state index >= 15 is 0 Å². The van der Waals surface area contributed by atoms with E-state index in [9.17, 15) is 5.11 Å². The van der Waals surface area contributed by atoms with Gasteiger partial charge in [0.2, 0.25) is 0 Å². The van der Waals surface area contributed by atoms with Crippen LogP contribution in [0.1, 0.15) is 109 Å². The zero-order valence-corrected chi connectivity index (χ0v) is 29.0. The molecule has 1 aromatic rings. The molecule has 0 amide bonds. The van der Waals surface area contributed by atoms with Gasteiger partial charge in [0.15, 0.2) is 6.35 Å². The number of aryl methyl sites for hydroxylation is 2. The second-order valence-electron chi connectivity index (χ2n) is 12.9. The molecule has 1 aliphatic rings. The lowest BCUT2D eigenvalue weighted by atomic mass is 9.80. The number of hydrogen-bond acceptors (Lipinski definition) is 5. The quantitative estimate of drug-likeness (QED) is 0.0578. The third-order valence-electron chi connectivity index (χ3n) is 8.81. The Balaban J connectivity index is 2.66. The fraction of sp³-hybridized carbons (Fsp3) is 0.564. The number of allylic oxidation sites excluding steroid dienone is 7. The maximum atomic E-state index is 12.0. The molecule has 1 atom stereocenters. The first-order valence-corrected chi connectivity index (χ1v) is 16.9. The molecule has 1 aromatic carbocycles. The number of nitrogens with two attached hydrogens (primary N) is 1. The molecule has 0 heterocycles. The van der Waals surface area contributed by atoms with Crippen molar-refractivity contribution in [2.45, 2.75) is 118 Å². The molecule has 44 heavy (non-hydrogen) atoms. The van der Waals surface area contributed by atoms with Crippen molar-refractivity contribution in [3.05, 3.63) is 83.6 Å². The van der Waals surface area contributed by atoms with Crippen LogP contribution >= 0.6 is 0 Å². The number of nitrogens with zero attached hydrogens (tertiary/aromatic N) is 3. The van der Waals surface area contributed by atoms with E-state index in [0.717, 1.165) is 61.3 Å². The molecule has 5 nitrogen and oxygen atoms in total. The van der Waals surface area contributed by atoms with Gasteiger partial charge in [0.05, 0.1) is 5.69 Å². The molecule has 1 unspecified atom stereocenters. The molecule has 0 saturated heterocycles. The smallest absolute Gasteiger partial charge is 0.190 e. The summed E-state index contributed by atoms with van der Waals surface area (Å²) >= 11 is 0. The van der Waals surface area contributed by atoms with E-state index in [1.165, 1.54) is 54.4 Å². The molecule has 0 aromatic heterocycles. The summed E-state index contributed by atoms with van der Waals surface area (Å²) in [4.78, 5) is 8.80. The lowest BCUT2D eigenvalue weighted by Crippen LogP contribution is -2.49. The predicted molar refractivity (Wildman–Crippen MR) is 194 cm³/mol. The van der Waals surface area contributed by atoms with Gasteiger partial charge in [-0.05, 0) is 141 Å². The molecular formula is C39H62N4O. The van der Waals surface area contributed by atoms with Crippen LogP contribution in [0.15, 0.2) is 71.9 Å². The zero-order chi connectivity index (χ0) is 32.6. The molecule has 1 fully saturated rings. The number of rotatable bonds is 18. The molecule has 1 aliphatic carbocycles. The first-order chi connectivity index (χ1) is 21.0. The predicted octanol–water partition coefficient (Wildman–Crippen LogP) is 9.13. The van der Waals surface area contributed by atoms with Crippen LogP contribution in [0.25, 0.3) is 5.57 Å². The largest absolute Gasteiger partial charge is 0.360 e. The Morgan fingerprint density at radius 3 is 2.45 bits per heavy atom. The highest BCUT2D eigenvalue weighted by Crippen LogP contribution is 2.41. The highest BCUT2D eigenvalue weighted by atomic mass is 16.3. The van der Waals surface area contributed by atoms with Crippen LogP contribution in [0.4, 0.5) is 5.69 Å². The third kappa shape index (κ3) is 11.6. The van der Waals surface area contributed by atoms with Gasteiger partial charge in [-0.1, -0.05) is 49.6 Å². The van der Waals surface area contributed by atoms with Crippen LogP contribution in [0.5, 0.6) is 0 Å². The van der Waals surface area contributed by atoms with Crippen LogP contribution in [0.3, 0.4) is 0 Å². The molecule has 3 N–H and O–H groups in total. The highest BCUT2D eigenvalue weighted by Gasteiger charge is 2.29. The van der Waals surface area contributed by atoms with Crippen molar-refractivity contribution in [3.63, 3.8) is 0 Å². The topological polar surface area (TPSA) is 65.1 Å². The molecule has 0 radical (unpaired) electrons. The van der Waals surface area contributed by atoms with Crippen molar-refractivity contribution in [2.24, 2.45) is 16.6 Å². The Morgan fingerprint density at radius 2 is 1.84 bits per heavy atom. The maximum absolute atomic E-state index is 12.0. The van der Waals surface area contributed by atoms with Crippen LogP contribution < -0.4 is 10.6 Å². The molecule has 244 valence electrons. The normalized spacial score (nSPS) is 16.1. The Bertz CT molecular complexity index is 1180. The van der Waals surface area contributed by atoms with Crippen molar-refractivity contribution in [3.8, 4) is 0 Å². The number of hydrogen-bond donors (Lipinski definition) is 2. The molecule has 0 spiro atoms. The summed E-state index contributed by atoms with van der Waals surface area (Å²) in [5.74, 6) is 0.460. The summed E-state index contributed by atoms with van der Waals surface area (Å²) in [5.41, 5.74) is 14.7. The van der Waals surface area contributed by atoms with Gasteiger partial charge >= 0.3 is 0 Å². The van der Waals surface area contributed by atoms with Crippen LogP contribution in [-0.2, 0) is 6.42 Å². The van der Waals surface area contributed by atoms with Crippen LogP contribution in [0.2, 0.25) is 0 Å². The number of unbranched alkanes of at least 4 members (excludes halogenated alkanes) is 1. The van der Waals surface area contributed by atoms with E-state index in [4.69, 9.17) is 17.3 Å². The fourth-order valence-electron chi connectivity index (χ4n) is 5.71. The van der Waals surface area contributed by atoms with E-state index in [2.05, 4.69) is 82.5 Å². The second kappa shape index (κ2) is 19.6. The average molecular weight is 603 g/mol. The Labute approximate surface area is 270 Å². The Kier molecular flexibility index (Phi) is 16.7. The van der Waals surface area contributed by atoms with Crippen LogP contribution in [0, 0.1) is 12.8 Å². The summed E-state index contributed by atoms with van der Waals surface area (Å²) in [5, 5.41) is 12.0. The monoisotopic (exact) mass is 602 g/mol. The molecular weight excluding hydrogens is 540 g/mol. The maximum Gasteiger partial charge on any atom is 0.190 e. The summed E-state index contributed by atoms with van der Waals surface area (Å²) < 4.78 is 0. The lowest BCUT2D eigenvalue weighted by Gasteiger charge is -2.40. The molecule has 0 bridgehead atoms. The van der Waals surface area contributed by atoms with E-state index in [0.29, 0.717) is 12.5 Å². The molecule has 0 aliphatic heterocycles. The minimum Gasteiger partial charge on any atom is -0.360 e. The van der Waals surface area contributed by atoms with Gasteiger partial charge in [-0.2, -0.15) is 0 Å². The number of aliphatic imine (C=N–C) groups is 1. The Morgan fingerprint density at radius 1 is 1.14 bits per heavy atom. The minimum absolute atomic E-state index is 0.147. The summed E-state index contributed by atoms with van der Waals surface area (Å²) in [6.45, 7) is 23.0. The van der Waals surface area contributed by atoms with E-state index < -0.39 is 6.35 Å². The number of anilines is 1. The highest BCUT2D eigenvalue weighted by molar-refractivity contribution is 5.83. The summed E-state index contributed by atoms with van der Waals surface area (Å²) in [6.07, 6.45) is 20.5. The van der Waals surface area contributed by atoms with Gasteiger partial charge in [-0.15, -0.1) is 6.58 Å². The summed E-state index contributed by atoms with van der Waals surface area (Å²) in [7, 11) is 1.99. The van der Waals surface area contributed by atoms with Crippen LogP contribution in [-0.4, -0.2) is 48.2 Å². The standard InChI is InChI=1S/C39H62N4O/c1-10-18-36(22-15-14-19-32(7)41-26-17-16-25-40)43(39(44)42(9)30(4)5)38-27-31(6)35(24-23-29(2)3)28-37(38)33(8)34-20-12-11-13-21-34/h10,14-15,18,22,27-28,30,34,39,44H,2,8,11-13,16-17,19-21,23-26,40H2,1,3-7,9H3/b15-14+,18-10-,36-22+,41-32?. The van der Waals surface area contributed by atoms with Crippen molar-refractivity contribution in [1.29, 1.82) is 0 Å². The Hall–Kier alpha value is -2.73. The minimum atomic E-state index is -0.865. The molecule has 2 rings (SSSR count). The van der Waals surface area contributed by atoms with Crippen molar-refractivity contribution >= 4 is 17.0 Å². The number of aliphatic hydroxyl groups is 1. The zero-order valence-electron chi connectivity index (χ0n) is 29.0. The summed E-state index contributed by atoms with van der Waals surface area (Å²) in [6, 6.07) is 4.77. The first-order valence-electron chi connectivity index (χ1n) is 16.9.